The third-order valence-corrected chi connectivity index (χ3v) is 8.75. The minimum absolute atomic E-state index is 0.209. The van der Waals surface area contributed by atoms with Gasteiger partial charge in [-0.1, -0.05) is 78.9 Å². The number of ether oxygens (including phenoxy) is 3. The molecule has 4 aromatic carbocycles. The zero-order valence-electron chi connectivity index (χ0n) is 30.0. The summed E-state index contributed by atoms with van der Waals surface area (Å²) in [4.78, 5) is 38.5. The Balaban J connectivity index is 1.27. The van der Waals surface area contributed by atoms with Gasteiger partial charge < -0.3 is 29.4 Å². The molecule has 0 aliphatic carbocycles. The van der Waals surface area contributed by atoms with Crippen molar-refractivity contribution in [1.29, 1.82) is 0 Å². The van der Waals surface area contributed by atoms with E-state index in [2.05, 4.69) is 25.7 Å². The molecule has 5 aromatic rings. The van der Waals surface area contributed by atoms with Crippen molar-refractivity contribution in [2.24, 2.45) is 5.10 Å². The van der Waals surface area contributed by atoms with Gasteiger partial charge in [0.25, 0.3) is 5.91 Å². The Bertz CT molecular complexity index is 2220. The zero-order chi connectivity index (χ0) is 38.0. The van der Waals surface area contributed by atoms with Gasteiger partial charge in [0.05, 0.1) is 48.0 Å². The number of para-hydroxylation sites is 1. The summed E-state index contributed by atoms with van der Waals surface area (Å²) < 4.78 is 18.6. The van der Waals surface area contributed by atoms with Crippen LogP contribution in [0.2, 0.25) is 0 Å². The molecule has 1 aliphatic rings. The summed E-state index contributed by atoms with van der Waals surface area (Å²) in [7, 11) is 0. The fourth-order valence-electron chi connectivity index (χ4n) is 6.18. The Morgan fingerprint density at radius 2 is 1.46 bits per heavy atom. The van der Waals surface area contributed by atoms with Crippen LogP contribution in [0, 0.1) is 0 Å². The number of benzene rings is 4. The molecule has 0 spiro atoms. The molecule has 0 bridgehead atoms. The first-order valence-electron chi connectivity index (χ1n) is 17.4. The molecule has 12 heteroatoms. The molecule has 0 saturated heterocycles. The lowest BCUT2D eigenvalue weighted by Crippen LogP contribution is -2.45. The highest BCUT2D eigenvalue weighted by atomic mass is 32.1. The minimum Gasteiger partial charge on any atom is -0.483 e. The largest absolute Gasteiger partial charge is 0.483 e. The highest BCUT2D eigenvalue weighted by Crippen LogP contribution is 2.36. The van der Waals surface area contributed by atoms with Crippen LogP contribution >= 0.6 is 12.2 Å². The number of carbonyl (C=O) groups excluding carboxylic acids is 3. The van der Waals surface area contributed by atoms with Crippen LogP contribution in [0.1, 0.15) is 48.3 Å². The number of allylic oxidation sites excluding steroid dienone is 1. The molecule has 3 N–H and O–H groups in total. The third kappa shape index (κ3) is 8.40. The maximum Gasteiger partial charge on any atom is 0.338 e. The standard InChI is InChI=1S/C42H39N5O6S/c1-4-51-40(49)30-20-22-32(23-21-30)47-34(28-14-8-6-9-15-28)24-31(39(47)29-16-10-7-11-17-29)25-43-46-36(48)26-53-35-19-13-12-18-33(35)38-37(41(50)52-5-2)27(3)44-42(54)45-38/h6-25,38H,4-5,26H2,1-3H3,(H,46,48)(H2,44,45,54)/t38-/m1/s1. The number of nitrogens with one attached hydrogen (secondary N) is 3. The number of esters is 2. The molecule has 1 amide bonds. The summed E-state index contributed by atoms with van der Waals surface area (Å²) in [5, 5.41) is 10.8. The van der Waals surface area contributed by atoms with E-state index in [1.807, 2.05) is 84.9 Å². The number of rotatable bonds is 13. The number of amides is 1. The molecule has 1 aliphatic heterocycles. The van der Waals surface area contributed by atoms with Gasteiger partial charge in [-0.05, 0) is 80.5 Å². The molecule has 11 nitrogen and oxygen atoms in total. The first-order valence-corrected chi connectivity index (χ1v) is 17.8. The van der Waals surface area contributed by atoms with E-state index >= 15 is 0 Å². The molecule has 0 unspecified atom stereocenters. The average Bonchev–Trinajstić information content (AvgIpc) is 3.57. The Morgan fingerprint density at radius 1 is 0.833 bits per heavy atom. The lowest BCUT2D eigenvalue weighted by molar-refractivity contribution is -0.139. The molecule has 0 saturated carbocycles. The number of nitrogens with zero attached hydrogens (tertiary/aromatic N) is 2. The highest BCUT2D eigenvalue weighted by Gasteiger charge is 2.32. The number of aromatic nitrogens is 1. The van der Waals surface area contributed by atoms with Crippen LogP contribution in [0.15, 0.2) is 132 Å². The number of carbonyl (C=O) groups is 3. The topological polar surface area (TPSA) is 132 Å². The predicted octanol–water partition coefficient (Wildman–Crippen LogP) is 6.87. The first-order chi connectivity index (χ1) is 26.3. The molecule has 1 aromatic heterocycles. The summed E-state index contributed by atoms with van der Waals surface area (Å²) in [6, 6.07) is 35.5. The molecule has 6 rings (SSSR count). The summed E-state index contributed by atoms with van der Waals surface area (Å²) in [5.74, 6) is -0.985. The fraction of sp³-hybridized carbons (Fsp3) is 0.167. The van der Waals surface area contributed by atoms with Gasteiger partial charge >= 0.3 is 11.9 Å². The molecule has 0 fully saturated rings. The number of hydrogen-bond donors (Lipinski definition) is 3. The summed E-state index contributed by atoms with van der Waals surface area (Å²) >= 11 is 5.38. The van der Waals surface area contributed by atoms with Crippen molar-refractivity contribution in [3.63, 3.8) is 0 Å². The van der Waals surface area contributed by atoms with Crippen LogP contribution in [-0.2, 0) is 19.1 Å². The van der Waals surface area contributed by atoms with Gasteiger partial charge in [-0.25, -0.2) is 15.0 Å². The molecular formula is C42H39N5O6S. The van der Waals surface area contributed by atoms with E-state index in [-0.39, 0.29) is 25.8 Å². The number of thiocarbonyl (C=S) groups is 1. The van der Waals surface area contributed by atoms with Crippen molar-refractivity contribution in [1.82, 2.24) is 20.6 Å². The molecule has 1 atom stereocenters. The second-order valence-corrected chi connectivity index (χ2v) is 12.5. The van der Waals surface area contributed by atoms with Gasteiger partial charge in [0.1, 0.15) is 5.75 Å². The Labute approximate surface area is 318 Å². The van der Waals surface area contributed by atoms with Gasteiger partial charge in [0.15, 0.2) is 11.7 Å². The molecular weight excluding hydrogens is 703 g/mol. The van der Waals surface area contributed by atoms with Crippen molar-refractivity contribution in [3.05, 3.63) is 143 Å². The van der Waals surface area contributed by atoms with Crippen LogP contribution in [0.25, 0.3) is 28.2 Å². The monoisotopic (exact) mass is 741 g/mol. The molecule has 54 heavy (non-hydrogen) atoms. The fourth-order valence-corrected chi connectivity index (χ4v) is 6.45. The van der Waals surface area contributed by atoms with Crippen LogP contribution in [-0.4, -0.2) is 53.6 Å². The molecule has 0 radical (unpaired) electrons. The van der Waals surface area contributed by atoms with E-state index in [9.17, 15) is 14.4 Å². The summed E-state index contributed by atoms with van der Waals surface area (Å²) in [6.07, 6.45) is 1.60. The maximum absolute atomic E-state index is 13.1. The van der Waals surface area contributed by atoms with Crippen molar-refractivity contribution in [2.45, 2.75) is 26.8 Å². The predicted molar refractivity (Wildman–Crippen MR) is 211 cm³/mol. The van der Waals surface area contributed by atoms with E-state index in [1.54, 1.807) is 57.3 Å². The quantitative estimate of drug-likeness (QED) is 0.0512. The van der Waals surface area contributed by atoms with Crippen LogP contribution in [0.5, 0.6) is 5.75 Å². The van der Waals surface area contributed by atoms with E-state index in [1.165, 1.54) is 0 Å². The van der Waals surface area contributed by atoms with E-state index in [0.29, 0.717) is 33.3 Å². The second kappa shape index (κ2) is 17.3. The Morgan fingerprint density at radius 3 is 2.15 bits per heavy atom. The van der Waals surface area contributed by atoms with Gasteiger partial charge in [-0.3, -0.25) is 4.79 Å². The summed E-state index contributed by atoms with van der Waals surface area (Å²) in [5.41, 5.74) is 9.72. The lowest BCUT2D eigenvalue weighted by Gasteiger charge is -2.30. The van der Waals surface area contributed by atoms with E-state index < -0.39 is 17.9 Å². The SMILES string of the molecule is CCOC(=O)C1=C(C)NC(=S)N[C@@H]1c1ccccc1OCC(=O)NN=Cc1cc(-c2ccccc2)n(-c2ccc(C(=O)OCC)cc2)c1-c1ccccc1. The molecule has 2 heterocycles. The van der Waals surface area contributed by atoms with Crippen LogP contribution in [0.3, 0.4) is 0 Å². The van der Waals surface area contributed by atoms with Crippen LogP contribution in [0.4, 0.5) is 0 Å². The first kappa shape index (κ1) is 37.2. The smallest absolute Gasteiger partial charge is 0.338 e. The van der Waals surface area contributed by atoms with Gasteiger partial charge in [-0.2, -0.15) is 5.10 Å². The lowest BCUT2D eigenvalue weighted by atomic mass is 9.95. The van der Waals surface area contributed by atoms with Crippen molar-refractivity contribution < 1.29 is 28.6 Å². The second-order valence-electron chi connectivity index (χ2n) is 12.1. The van der Waals surface area contributed by atoms with Crippen molar-refractivity contribution in [3.8, 4) is 34.0 Å². The van der Waals surface area contributed by atoms with Gasteiger partial charge in [0.2, 0.25) is 0 Å². The maximum atomic E-state index is 13.1. The van der Waals surface area contributed by atoms with E-state index in [0.717, 1.165) is 33.8 Å². The van der Waals surface area contributed by atoms with Crippen LogP contribution < -0.4 is 20.8 Å². The summed E-state index contributed by atoms with van der Waals surface area (Å²) in [6.45, 7) is 5.41. The van der Waals surface area contributed by atoms with E-state index in [4.69, 9.17) is 26.4 Å². The Kier molecular flexibility index (Phi) is 11.9. The zero-order valence-corrected chi connectivity index (χ0v) is 30.8. The molecule has 274 valence electrons. The third-order valence-electron chi connectivity index (χ3n) is 8.53. The highest BCUT2D eigenvalue weighted by molar-refractivity contribution is 7.80. The normalized spacial score (nSPS) is 13.9. The van der Waals surface area contributed by atoms with Gasteiger partial charge in [-0.15, -0.1) is 0 Å². The van der Waals surface area contributed by atoms with Crippen molar-refractivity contribution in [2.75, 3.05) is 19.8 Å². The average molecular weight is 742 g/mol. The van der Waals surface area contributed by atoms with Crippen molar-refractivity contribution >= 4 is 41.4 Å². The van der Waals surface area contributed by atoms with Gasteiger partial charge in [0, 0.05) is 22.5 Å². The number of hydrazone groups is 1. The number of hydrogen-bond acceptors (Lipinski definition) is 8. The Hall–Kier alpha value is -6.53. The minimum atomic E-state index is -0.657.